The molecule has 1 saturated carbocycles. The monoisotopic (exact) mass is 316 g/mol. The minimum atomic E-state index is -3.30. The molecule has 1 heterocycles. The summed E-state index contributed by atoms with van der Waals surface area (Å²) in [6, 6.07) is 4.12. The van der Waals surface area contributed by atoms with Crippen molar-refractivity contribution in [3.63, 3.8) is 0 Å². The number of aryl methyl sites for hydroxylation is 1. The third-order valence-electron chi connectivity index (χ3n) is 4.81. The van der Waals surface area contributed by atoms with E-state index in [4.69, 9.17) is 10.7 Å². The lowest BCUT2D eigenvalue weighted by Crippen LogP contribution is -2.19. The van der Waals surface area contributed by atoms with Crippen molar-refractivity contribution in [3.8, 4) is 0 Å². The number of sulfone groups is 1. The Morgan fingerprint density at radius 2 is 1.91 bits per heavy atom. The zero-order valence-corrected chi connectivity index (χ0v) is 13.7. The molecule has 4 rings (SSSR count). The van der Waals surface area contributed by atoms with Gasteiger partial charge in [-0.25, -0.2) is 8.42 Å². The van der Waals surface area contributed by atoms with Gasteiger partial charge in [-0.2, -0.15) is 0 Å². The average molecular weight is 316 g/mol. The van der Waals surface area contributed by atoms with Gasteiger partial charge < -0.3 is 5.73 Å². The fourth-order valence-electron chi connectivity index (χ4n) is 3.68. The highest BCUT2D eigenvalue weighted by Gasteiger charge is 2.30. The molecule has 0 spiro atoms. The number of nitrogens with two attached hydrogens (primary N) is 1. The van der Waals surface area contributed by atoms with Gasteiger partial charge in [-0.1, -0.05) is 0 Å². The zero-order chi connectivity index (χ0) is 15.6. The molecule has 5 heteroatoms. The largest absolute Gasteiger partial charge is 0.327 e. The Kier molecular flexibility index (Phi) is 2.91. The molecule has 1 unspecified atom stereocenters. The molecule has 1 aromatic carbocycles. The Morgan fingerprint density at radius 1 is 1.18 bits per heavy atom. The van der Waals surface area contributed by atoms with Crippen LogP contribution < -0.4 is 5.73 Å². The average Bonchev–Trinajstić information content (AvgIpc) is 3.17. The van der Waals surface area contributed by atoms with E-state index >= 15 is 0 Å². The van der Waals surface area contributed by atoms with Gasteiger partial charge >= 0.3 is 0 Å². The minimum Gasteiger partial charge on any atom is -0.327 e. The Bertz CT molecular complexity index is 899. The predicted molar refractivity (Wildman–Crippen MR) is 86.9 cm³/mol. The van der Waals surface area contributed by atoms with Gasteiger partial charge in [0.25, 0.3) is 0 Å². The normalized spacial score (nSPS) is 21.3. The van der Waals surface area contributed by atoms with Crippen molar-refractivity contribution in [2.75, 3.05) is 6.26 Å². The van der Waals surface area contributed by atoms with Crippen LogP contribution in [-0.2, 0) is 22.7 Å². The van der Waals surface area contributed by atoms with Gasteiger partial charge in [0.1, 0.15) is 0 Å². The molecule has 2 N–H and O–H groups in total. The van der Waals surface area contributed by atoms with Crippen LogP contribution in [-0.4, -0.2) is 25.7 Å². The molecule has 1 fully saturated rings. The second-order valence-electron chi connectivity index (χ2n) is 6.79. The highest BCUT2D eigenvalue weighted by atomic mass is 32.2. The van der Waals surface area contributed by atoms with Crippen molar-refractivity contribution < 1.29 is 8.42 Å². The molecular weight excluding hydrogens is 296 g/mol. The number of nitrogens with zero attached hydrogens (tertiary/aromatic N) is 1. The predicted octanol–water partition coefficient (Wildman–Crippen LogP) is 2.25. The summed E-state index contributed by atoms with van der Waals surface area (Å²) >= 11 is 0. The summed E-state index contributed by atoms with van der Waals surface area (Å²) in [4.78, 5) is 5.19. The van der Waals surface area contributed by atoms with Gasteiger partial charge in [-0.05, 0) is 55.9 Å². The molecular formula is C17H20N2O2S. The first-order chi connectivity index (χ1) is 10.3. The quantitative estimate of drug-likeness (QED) is 0.922. The second-order valence-corrected chi connectivity index (χ2v) is 8.74. The van der Waals surface area contributed by atoms with Gasteiger partial charge in [0, 0.05) is 40.4 Å². The minimum absolute atomic E-state index is 0.0171. The smallest absolute Gasteiger partial charge is 0.176 e. The molecule has 1 atom stereocenters. The van der Waals surface area contributed by atoms with Crippen molar-refractivity contribution in [1.29, 1.82) is 0 Å². The molecule has 2 aromatic rings. The van der Waals surface area contributed by atoms with E-state index in [0.29, 0.717) is 17.2 Å². The van der Waals surface area contributed by atoms with Crippen LogP contribution in [0.2, 0.25) is 0 Å². The fraction of sp³-hybridized carbons (Fsp3) is 0.471. The van der Waals surface area contributed by atoms with Crippen LogP contribution in [0.15, 0.2) is 17.0 Å². The molecule has 0 saturated heterocycles. The maximum absolute atomic E-state index is 12.5. The molecule has 1 aromatic heterocycles. The van der Waals surface area contributed by atoms with Crippen LogP contribution >= 0.6 is 0 Å². The van der Waals surface area contributed by atoms with E-state index in [1.165, 1.54) is 6.26 Å². The Hall–Kier alpha value is -1.46. The summed E-state index contributed by atoms with van der Waals surface area (Å²) in [5, 5.41) is 1.79. The number of hydrogen-bond acceptors (Lipinski definition) is 4. The van der Waals surface area contributed by atoms with Crippen LogP contribution in [0.5, 0.6) is 0 Å². The molecule has 22 heavy (non-hydrogen) atoms. The summed E-state index contributed by atoms with van der Waals surface area (Å²) in [6.07, 6.45) is 5.01. The van der Waals surface area contributed by atoms with Gasteiger partial charge in [0.05, 0.1) is 4.90 Å². The SMILES string of the molecule is Cc1nc(C2CC2)cc2c(S(C)(=O)=O)c3c(cc12)CC(N)C3. The van der Waals surface area contributed by atoms with Gasteiger partial charge in [0.15, 0.2) is 9.84 Å². The summed E-state index contributed by atoms with van der Waals surface area (Å²) in [5.41, 5.74) is 10.0. The molecule has 2 aliphatic rings. The van der Waals surface area contributed by atoms with Crippen molar-refractivity contribution in [1.82, 2.24) is 4.98 Å². The lowest BCUT2D eigenvalue weighted by molar-refractivity contribution is 0.601. The van der Waals surface area contributed by atoms with Crippen molar-refractivity contribution in [2.45, 2.75) is 49.5 Å². The van der Waals surface area contributed by atoms with Crippen LogP contribution in [0.1, 0.15) is 41.3 Å². The highest BCUT2D eigenvalue weighted by molar-refractivity contribution is 7.91. The number of fused-ring (bicyclic) bond motifs is 2. The first-order valence-corrected chi connectivity index (χ1v) is 9.65. The van der Waals surface area contributed by atoms with Gasteiger partial charge in [0.2, 0.25) is 0 Å². The fourth-order valence-corrected chi connectivity index (χ4v) is 4.91. The van der Waals surface area contributed by atoms with Crippen LogP contribution in [0.25, 0.3) is 10.8 Å². The van der Waals surface area contributed by atoms with Crippen molar-refractivity contribution in [3.05, 3.63) is 34.6 Å². The zero-order valence-electron chi connectivity index (χ0n) is 12.9. The number of pyridine rings is 1. The second kappa shape index (κ2) is 4.52. The third-order valence-corrected chi connectivity index (χ3v) is 6.02. The summed E-state index contributed by atoms with van der Waals surface area (Å²) in [5.74, 6) is 0.506. The van der Waals surface area contributed by atoms with Crippen LogP contribution in [0, 0.1) is 6.92 Å². The van der Waals surface area contributed by atoms with E-state index in [-0.39, 0.29) is 6.04 Å². The Balaban J connectivity index is 2.12. The lowest BCUT2D eigenvalue weighted by Gasteiger charge is -2.14. The molecule has 0 aliphatic heterocycles. The van der Waals surface area contributed by atoms with E-state index in [9.17, 15) is 8.42 Å². The maximum atomic E-state index is 12.5. The van der Waals surface area contributed by atoms with Crippen molar-refractivity contribution in [2.24, 2.45) is 5.73 Å². The first kappa shape index (κ1) is 14.2. The van der Waals surface area contributed by atoms with E-state index < -0.39 is 9.84 Å². The molecule has 116 valence electrons. The third kappa shape index (κ3) is 2.15. The molecule has 2 aliphatic carbocycles. The van der Waals surface area contributed by atoms with E-state index in [1.807, 2.05) is 13.0 Å². The lowest BCUT2D eigenvalue weighted by atomic mass is 10.0. The van der Waals surface area contributed by atoms with E-state index in [0.717, 1.165) is 52.5 Å². The maximum Gasteiger partial charge on any atom is 0.176 e. The number of rotatable bonds is 2. The first-order valence-electron chi connectivity index (χ1n) is 7.76. The van der Waals surface area contributed by atoms with Gasteiger partial charge in [-0.15, -0.1) is 0 Å². The summed E-state index contributed by atoms with van der Waals surface area (Å²) < 4.78 is 24.9. The molecule has 0 radical (unpaired) electrons. The topological polar surface area (TPSA) is 73.0 Å². The standard InChI is InChI=1S/C17H20N2O2S/c1-9-13-6-11-5-12(18)7-14(11)17(22(2,20)21)15(13)8-16(19-9)10-3-4-10/h6,8,10,12H,3-5,7,18H2,1-2H3. The van der Waals surface area contributed by atoms with E-state index in [2.05, 4.69) is 6.07 Å². The number of aromatic nitrogens is 1. The molecule has 0 bridgehead atoms. The number of hydrogen-bond donors (Lipinski definition) is 1. The number of benzene rings is 1. The van der Waals surface area contributed by atoms with Crippen LogP contribution in [0.4, 0.5) is 0 Å². The highest BCUT2D eigenvalue weighted by Crippen LogP contribution is 2.42. The van der Waals surface area contributed by atoms with E-state index in [1.54, 1.807) is 0 Å². The molecule has 0 amide bonds. The van der Waals surface area contributed by atoms with Crippen molar-refractivity contribution >= 4 is 20.6 Å². The Labute approximate surface area is 130 Å². The van der Waals surface area contributed by atoms with Gasteiger partial charge in [-0.3, -0.25) is 4.98 Å². The summed E-state index contributed by atoms with van der Waals surface area (Å²) in [7, 11) is -3.30. The molecule has 4 nitrogen and oxygen atoms in total. The Morgan fingerprint density at radius 3 is 2.55 bits per heavy atom. The van der Waals surface area contributed by atoms with Crippen LogP contribution in [0.3, 0.4) is 0 Å². The summed E-state index contributed by atoms with van der Waals surface area (Å²) in [6.45, 7) is 1.97.